The van der Waals surface area contributed by atoms with Gasteiger partial charge in [0, 0.05) is 4.57 Å². The van der Waals surface area contributed by atoms with Gasteiger partial charge in [0.15, 0.2) is 0 Å². The van der Waals surface area contributed by atoms with E-state index in [1.54, 1.807) is 0 Å². The monoisotopic (exact) mass is 313 g/mol. The van der Waals surface area contributed by atoms with Crippen LogP contribution in [0.1, 0.15) is 40.0 Å². The molecule has 112 valence electrons. The Morgan fingerprint density at radius 1 is 1.11 bits per heavy atom. The molecule has 0 aliphatic carbocycles. The fraction of sp³-hybridized carbons (Fsp3) is 0.636. The van der Waals surface area contributed by atoms with E-state index in [2.05, 4.69) is 19.9 Å². The maximum absolute atomic E-state index is 10.6. The van der Waals surface area contributed by atoms with Crippen molar-refractivity contribution in [1.82, 2.24) is 0 Å². The van der Waals surface area contributed by atoms with Crippen molar-refractivity contribution in [3.05, 3.63) is 23.3 Å². The molecule has 4 N–H and O–H groups in total. The van der Waals surface area contributed by atoms with E-state index < -0.39 is 15.9 Å². The molecule has 0 amide bonds. The molecule has 0 heterocycles. The number of hydrogen-bond donors (Lipinski definition) is 4. The average Bonchev–Trinajstić information content (AvgIpc) is 2.13. The van der Waals surface area contributed by atoms with Gasteiger partial charge in [-0.25, -0.2) is 0 Å². The van der Waals surface area contributed by atoms with Gasteiger partial charge in [-0.05, 0) is 40.0 Å². The van der Waals surface area contributed by atoms with Gasteiger partial charge in [-0.1, -0.05) is 23.3 Å². The maximum Gasteiger partial charge on any atom is 0.692 e. The van der Waals surface area contributed by atoms with Gasteiger partial charge in [-0.3, -0.25) is 4.57 Å². The standard InChI is InChI=1S/C11H21O3P.HO3P/c1-10(2)6-4-7-11(3)8-5-9-15(12,13)14;1-4(2)3/h6,8H,4-5,7,9H2,1-3H3,(H2,12,13,14);(H-,1,2,3)/p+1/b11-8+;. The summed E-state index contributed by atoms with van der Waals surface area (Å²) in [4.78, 5) is 31.5. The first-order valence-electron chi connectivity index (χ1n) is 5.73. The summed E-state index contributed by atoms with van der Waals surface area (Å²) in [5.74, 6) is 0. The van der Waals surface area contributed by atoms with Crippen LogP contribution >= 0.6 is 15.9 Å². The lowest BCUT2D eigenvalue weighted by Gasteiger charge is -2.01. The lowest BCUT2D eigenvalue weighted by molar-refractivity contribution is 0.373. The van der Waals surface area contributed by atoms with Gasteiger partial charge in [0.2, 0.25) is 0 Å². The van der Waals surface area contributed by atoms with Gasteiger partial charge in [0.05, 0.1) is 6.16 Å². The van der Waals surface area contributed by atoms with Crippen LogP contribution in [0.4, 0.5) is 0 Å². The summed E-state index contributed by atoms with van der Waals surface area (Å²) < 4.78 is 19.3. The van der Waals surface area contributed by atoms with Crippen molar-refractivity contribution < 1.29 is 28.7 Å². The van der Waals surface area contributed by atoms with Crippen LogP contribution in [0.2, 0.25) is 0 Å². The average molecular weight is 313 g/mol. The molecule has 0 rings (SSSR count). The molecule has 0 spiro atoms. The summed E-state index contributed by atoms with van der Waals surface area (Å²) in [6, 6.07) is 0. The molecule has 0 atom stereocenters. The predicted molar refractivity (Wildman–Crippen MR) is 76.0 cm³/mol. The van der Waals surface area contributed by atoms with Crippen molar-refractivity contribution >= 4 is 15.9 Å². The molecule has 19 heavy (non-hydrogen) atoms. The zero-order valence-corrected chi connectivity index (χ0v) is 13.3. The summed E-state index contributed by atoms with van der Waals surface area (Å²) in [6.45, 7) is 6.12. The summed E-state index contributed by atoms with van der Waals surface area (Å²) in [6.07, 6.45) is 6.46. The lowest BCUT2D eigenvalue weighted by Crippen LogP contribution is -1.86. The molecule has 0 aromatic rings. The molecule has 0 radical (unpaired) electrons. The summed E-state index contributed by atoms with van der Waals surface area (Å²) in [5.41, 5.74) is 2.50. The Kier molecular flexibility index (Phi) is 12.7. The minimum Gasteiger partial charge on any atom is -0.324 e. The van der Waals surface area contributed by atoms with E-state index in [-0.39, 0.29) is 6.16 Å². The Bertz CT molecular complexity index is 361. The zero-order valence-electron chi connectivity index (χ0n) is 11.5. The highest BCUT2D eigenvalue weighted by Gasteiger charge is 2.10. The van der Waals surface area contributed by atoms with E-state index >= 15 is 0 Å². The lowest BCUT2D eigenvalue weighted by atomic mass is 10.1. The van der Waals surface area contributed by atoms with E-state index in [0.717, 1.165) is 12.8 Å². The Morgan fingerprint density at radius 3 is 1.95 bits per heavy atom. The smallest absolute Gasteiger partial charge is 0.324 e. The van der Waals surface area contributed by atoms with Gasteiger partial charge < -0.3 is 9.79 Å². The van der Waals surface area contributed by atoms with Crippen LogP contribution in [0.5, 0.6) is 0 Å². The molecule has 0 saturated carbocycles. The van der Waals surface area contributed by atoms with Crippen LogP contribution in [-0.4, -0.2) is 25.7 Å². The fourth-order valence-electron chi connectivity index (χ4n) is 1.17. The van der Waals surface area contributed by atoms with Crippen molar-refractivity contribution in [3.8, 4) is 0 Å². The fourth-order valence-corrected chi connectivity index (χ4v) is 1.64. The molecular weight excluding hydrogens is 290 g/mol. The van der Waals surface area contributed by atoms with E-state index in [4.69, 9.17) is 24.1 Å². The third-order valence-corrected chi connectivity index (χ3v) is 2.85. The highest BCUT2D eigenvalue weighted by atomic mass is 31.2. The van der Waals surface area contributed by atoms with E-state index in [1.807, 2.05) is 13.0 Å². The second kappa shape index (κ2) is 11.5. The van der Waals surface area contributed by atoms with Crippen LogP contribution in [-0.2, 0) is 9.13 Å². The van der Waals surface area contributed by atoms with Crippen molar-refractivity contribution in [2.24, 2.45) is 0 Å². The van der Waals surface area contributed by atoms with Crippen molar-refractivity contribution in [2.75, 3.05) is 6.16 Å². The minimum absolute atomic E-state index is 0.0486. The quantitative estimate of drug-likeness (QED) is 0.443. The van der Waals surface area contributed by atoms with E-state index in [0.29, 0.717) is 6.42 Å². The molecule has 0 aromatic heterocycles. The first kappa shape index (κ1) is 21.0. The molecule has 6 nitrogen and oxygen atoms in total. The van der Waals surface area contributed by atoms with Crippen LogP contribution < -0.4 is 0 Å². The Labute approximate surface area is 115 Å². The maximum atomic E-state index is 10.6. The third-order valence-electron chi connectivity index (χ3n) is 2.00. The van der Waals surface area contributed by atoms with Gasteiger partial charge in [0.25, 0.3) is 0 Å². The highest BCUT2D eigenvalue weighted by molar-refractivity contribution is 7.51. The normalized spacial score (nSPS) is 11.4. The molecule has 0 saturated heterocycles. The summed E-state index contributed by atoms with van der Waals surface area (Å²) >= 11 is 0. The molecule has 0 bridgehead atoms. The van der Waals surface area contributed by atoms with Crippen LogP contribution in [0.15, 0.2) is 23.3 Å². The molecular formula is C11H23O6P2+. The Balaban J connectivity index is 0. The molecule has 0 aliphatic heterocycles. The first-order valence-corrected chi connectivity index (χ1v) is 8.69. The second-order valence-electron chi connectivity index (χ2n) is 4.30. The first-order chi connectivity index (χ1) is 8.54. The van der Waals surface area contributed by atoms with Crippen molar-refractivity contribution in [2.45, 2.75) is 40.0 Å². The number of rotatable bonds is 6. The van der Waals surface area contributed by atoms with E-state index in [1.165, 1.54) is 11.1 Å². The molecule has 8 heteroatoms. The Hall–Kier alpha value is -0.350. The van der Waals surface area contributed by atoms with Gasteiger partial charge in [-0.2, -0.15) is 0 Å². The predicted octanol–water partition coefficient (Wildman–Crippen LogP) is 2.88. The van der Waals surface area contributed by atoms with E-state index in [9.17, 15) is 4.57 Å². The van der Waals surface area contributed by atoms with Gasteiger partial charge >= 0.3 is 15.9 Å². The largest absolute Gasteiger partial charge is 0.692 e. The van der Waals surface area contributed by atoms with Crippen LogP contribution in [0.25, 0.3) is 0 Å². The van der Waals surface area contributed by atoms with Crippen LogP contribution in [0.3, 0.4) is 0 Å². The topological polar surface area (TPSA) is 115 Å². The highest BCUT2D eigenvalue weighted by Crippen LogP contribution is 2.35. The van der Waals surface area contributed by atoms with Gasteiger partial charge in [-0.15, -0.1) is 9.79 Å². The van der Waals surface area contributed by atoms with Crippen molar-refractivity contribution in [1.29, 1.82) is 0 Å². The van der Waals surface area contributed by atoms with Gasteiger partial charge in [0.1, 0.15) is 0 Å². The van der Waals surface area contributed by atoms with Crippen molar-refractivity contribution in [3.63, 3.8) is 0 Å². The third kappa shape index (κ3) is 27.0. The molecule has 0 aliphatic rings. The summed E-state index contributed by atoms with van der Waals surface area (Å²) in [7, 11) is -6.69. The number of hydrogen-bond acceptors (Lipinski definition) is 2. The molecule has 0 aromatic carbocycles. The SMILES string of the molecule is CC(C)=CCC/C(C)=C/CCP(=O)(O)O.O=[P+](O)O. The Morgan fingerprint density at radius 2 is 1.58 bits per heavy atom. The molecule has 0 unspecified atom stereocenters. The summed E-state index contributed by atoms with van der Waals surface area (Å²) in [5, 5.41) is 0. The number of allylic oxidation sites excluding steroid dienone is 4. The molecule has 0 fully saturated rings. The second-order valence-corrected chi connectivity index (χ2v) is 6.58. The van der Waals surface area contributed by atoms with Crippen LogP contribution in [0, 0.1) is 0 Å². The zero-order chi connectivity index (χ0) is 15.5. The minimum atomic E-state index is -3.82.